The van der Waals surface area contributed by atoms with E-state index in [9.17, 15) is 12.8 Å². The van der Waals surface area contributed by atoms with Crippen LogP contribution in [0.5, 0.6) is 0 Å². The standard InChI is InChI=1S/C15H16FNO2S2/c1-17-10-11-4-3-5-14(16)15(11)20-12-6-8-13(9-7-12)21(2,18)19/h3-9,17H,10H2,1-2H3. The number of benzene rings is 2. The average Bonchev–Trinajstić information content (AvgIpc) is 2.42. The lowest BCUT2D eigenvalue weighted by molar-refractivity contribution is 0.594. The molecule has 3 nitrogen and oxygen atoms in total. The molecule has 0 saturated heterocycles. The second-order valence-electron chi connectivity index (χ2n) is 4.60. The summed E-state index contributed by atoms with van der Waals surface area (Å²) in [6.45, 7) is 0.571. The highest BCUT2D eigenvalue weighted by molar-refractivity contribution is 7.99. The molecule has 0 aromatic heterocycles. The number of hydrogen-bond donors (Lipinski definition) is 1. The van der Waals surface area contributed by atoms with Crippen molar-refractivity contribution in [1.82, 2.24) is 5.32 Å². The van der Waals surface area contributed by atoms with Crippen LogP contribution >= 0.6 is 11.8 Å². The minimum absolute atomic E-state index is 0.260. The van der Waals surface area contributed by atoms with Gasteiger partial charge in [-0.15, -0.1) is 0 Å². The van der Waals surface area contributed by atoms with Crippen LogP contribution in [-0.2, 0) is 16.4 Å². The maximum absolute atomic E-state index is 14.0. The van der Waals surface area contributed by atoms with Crippen molar-refractivity contribution in [1.29, 1.82) is 0 Å². The molecule has 21 heavy (non-hydrogen) atoms. The van der Waals surface area contributed by atoms with Crippen molar-refractivity contribution in [3.8, 4) is 0 Å². The molecule has 2 aromatic carbocycles. The van der Waals surface area contributed by atoms with Crippen LogP contribution in [0.25, 0.3) is 0 Å². The normalized spacial score (nSPS) is 11.6. The molecule has 0 atom stereocenters. The van der Waals surface area contributed by atoms with Crippen LogP contribution in [-0.4, -0.2) is 21.7 Å². The van der Waals surface area contributed by atoms with Crippen molar-refractivity contribution in [2.24, 2.45) is 0 Å². The molecule has 0 spiro atoms. The van der Waals surface area contributed by atoms with Crippen LogP contribution in [0.2, 0.25) is 0 Å². The number of sulfone groups is 1. The van der Waals surface area contributed by atoms with Crippen LogP contribution < -0.4 is 5.32 Å². The van der Waals surface area contributed by atoms with Crippen molar-refractivity contribution in [2.45, 2.75) is 21.2 Å². The molecule has 1 N–H and O–H groups in total. The van der Waals surface area contributed by atoms with Gasteiger partial charge in [-0.1, -0.05) is 23.9 Å². The lowest BCUT2D eigenvalue weighted by atomic mass is 10.2. The highest BCUT2D eigenvalue weighted by atomic mass is 32.2. The molecule has 2 rings (SSSR count). The van der Waals surface area contributed by atoms with Crippen molar-refractivity contribution in [2.75, 3.05) is 13.3 Å². The monoisotopic (exact) mass is 325 g/mol. The van der Waals surface area contributed by atoms with E-state index in [0.29, 0.717) is 11.4 Å². The van der Waals surface area contributed by atoms with Gasteiger partial charge in [-0.05, 0) is 42.9 Å². The Morgan fingerprint density at radius 3 is 2.38 bits per heavy atom. The largest absolute Gasteiger partial charge is 0.316 e. The van der Waals surface area contributed by atoms with Crippen LogP contribution in [0.3, 0.4) is 0 Å². The summed E-state index contributed by atoms with van der Waals surface area (Å²) in [6, 6.07) is 11.4. The smallest absolute Gasteiger partial charge is 0.175 e. The van der Waals surface area contributed by atoms with Gasteiger partial charge in [0.1, 0.15) is 5.82 Å². The Labute approximate surface area is 128 Å². The molecular weight excluding hydrogens is 309 g/mol. The molecule has 0 bridgehead atoms. The fourth-order valence-corrected chi connectivity index (χ4v) is 3.45. The first-order valence-electron chi connectivity index (χ1n) is 6.32. The molecule has 0 amide bonds. The third kappa shape index (κ3) is 4.06. The van der Waals surface area contributed by atoms with Gasteiger partial charge in [0, 0.05) is 17.7 Å². The van der Waals surface area contributed by atoms with E-state index in [1.54, 1.807) is 25.2 Å². The molecule has 0 saturated carbocycles. The molecule has 0 aliphatic heterocycles. The van der Waals surface area contributed by atoms with Crippen molar-refractivity contribution >= 4 is 21.6 Å². The van der Waals surface area contributed by atoms with Gasteiger partial charge in [-0.25, -0.2) is 12.8 Å². The summed E-state index contributed by atoms with van der Waals surface area (Å²) < 4.78 is 36.8. The molecule has 0 heterocycles. The summed E-state index contributed by atoms with van der Waals surface area (Å²) in [7, 11) is -1.40. The molecule has 0 radical (unpaired) electrons. The fraction of sp³-hybridized carbons (Fsp3) is 0.200. The van der Waals surface area contributed by atoms with Gasteiger partial charge in [0.25, 0.3) is 0 Å². The Balaban J connectivity index is 2.30. The first-order chi connectivity index (χ1) is 9.91. The van der Waals surface area contributed by atoms with Gasteiger partial charge in [-0.2, -0.15) is 0 Å². The number of nitrogens with one attached hydrogen (secondary N) is 1. The minimum Gasteiger partial charge on any atom is -0.316 e. The summed E-state index contributed by atoms with van der Waals surface area (Å²) in [5.41, 5.74) is 0.870. The summed E-state index contributed by atoms with van der Waals surface area (Å²) in [5.74, 6) is -0.278. The maximum Gasteiger partial charge on any atom is 0.175 e. The van der Waals surface area contributed by atoms with Gasteiger partial charge in [0.15, 0.2) is 9.84 Å². The van der Waals surface area contributed by atoms with Gasteiger partial charge in [0.2, 0.25) is 0 Å². The second kappa shape index (κ2) is 6.60. The quantitative estimate of drug-likeness (QED) is 0.917. The van der Waals surface area contributed by atoms with Gasteiger partial charge in [-0.3, -0.25) is 0 Å². The number of rotatable bonds is 5. The number of halogens is 1. The second-order valence-corrected chi connectivity index (χ2v) is 7.70. The highest BCUT2D eigenvalue weighted by Crippen LogP contribution is 2.33. The van der Waals surface area contributed by atoms with Gasteiger partial charge >= 0.3 is 0 Å². The molecule has 0 aliphatic rings. The highest BCUT2D eigenvalue weighted by Gasteiger charge is 2.11. The summed E-state index contributed by atoms with van der Waals surface area (Å²) >= 11 is 1.29. The molecule has 112 valence electrons. The lowest BCUT2D eigenvalue weighted by Gasteiger charge is -2.10. The van der Waals surface area contributed by atoms with E-state index in [0.717, 1.165) is 16.7 Å². The SMILES string of the molecule is CNCc1cccc(F)c1Sc1ccc(S(C)(=O)=O)cc1. The molecule has 0 aliphatic carbocycles. The van der Waals surface area contributed by atoms with Crippen LogP contribution in [0.1, 0.15) is 5.56 Å². The zero-order valence-corrected chi connectivity index (χ0v) is 13.4. The van der Waals surface area contributed by atoms with Crippen molar-refractivity contribution in [3.05, 3.63) is 53.8 Å². The Morgan fingerprint density at radius 1 is 1.14 bits per heavy atom. The van der Waals surface area contributed by atoms with E-state index in [2.05, 4.69) is 5.32 Å². The topological polar surface area (TPSA) is 46.2 Å². The number of hydrogen-bond acceptors (Lipinski definition) is 4. The van der Waals surface area contributed by atoms with E-state index in [-0.39, 0.29) is 10.7 Å². The van der Waals surface area contributed by atoms with E-state index < -0.39 is 9.84 Å². The average molecular weight is 325 g/mol. The van der Waals surface area contributed by atoms with Gasteiger partial charge in [0.05, 0.1) is 9.79 Å². The first kappa shape index (κ1) is 16.0. The zero-order chi connectivity index (χ0) is 15.5. The van der Waals surface area contributed by atoms with Crippen LogP contribution in [0.4, 0.5) is 4.39 Å². The van der Waals surface area contributed by atoms with E-state index in [4.69, 9.17) is 0 Å². The Kier molecular flexibility index (Phi) is 5.03. The maximum atomic E-state index is 14.0. The Hall–Kier alpha value is -1.37. The molecule has 0 fully saturated rings. The van der Waals surface area contributed by atoms with Crippen molar-refractivity contribution in [3.63, 3.8) is 0 Å². The van der Waals surface area contributed by atoms with E-state index >= 15 is 0 Å². The van der Waals surface area contributed by atoms with Crippen molar-refractivity contribution < 1.29 is 12.8 Å². The van der Waals surface area contributed by atoms with Crippen LogP contribution in [0.15, 0.2) is 57.2 Å². The predicted molar refractivity (Wildman–Crippen MR) is 82.8 cm³/mol. The Bertz CT molecular complexity index is 728. The predicted octanol–water partition coefficient (Wildman–Crippen LogP) is 3.10. The third-order valence-corrected chi connectivity index (χ3v) is 5.19. The summed E-state index contributed by atoms with van der Waals surface area (Å²) in [6.07, 6.45) is 1.16. The Morgan fingerprint density at radius 2 is 1.81 bits per heavy atom. The third-order valence-electron chi connectivity index (χ3n) is 2.89. The van der Waals surface area contributed by atoms with E-state index in [1.165, 1.54) is 30.0 Å². The summed E-state index contributed by atoms with van der Waals surface area (Å²) in [5, 5.41) is 3.01. The molecule has 6 heteroatoms. The molecule has 2 aromatic rings. The summed E-state index contributed by atoms with van der Waals surface area (Å²) in [4.78, 5) is 1.61. The molecule has 0 unspecified atom stereocenters. The first-order valence-corrected chi connectivity index (χ1v) is 9.02. The zero-order valence-electron chi connectivity index (χ0n) is 11.8. The van der Waals surface area contributed by atoms with Crippen LogP contribution in [0, 0.1) is 5.82 Å². The fourth-order valence-electron chi connectivity index (χ4n) is 1.87. The molecular formula is C15H16FNO2S2. The van der Waals surface area contributed by atoms with E-state index in [1.807, 2.05) is 6.07 Å². The lowest BCUT2D eigenvalue weighted by Crippen LogP contribution is -2.06. The van der Waals surface area contributed by atoms with Gasteiger partial charge < -0.3 is 5.32 Å². The minimum atomic E-state index is -3.21.